The van der Waals surface area contributed by atoms with Crippen LogP contribution in [0.4, 0.5) is 0 Å². The van der Waals surface area contributed by atoms with E-state index in [0.717, 1.165) is 6.54 Å². The molecule has 2 aliphatic heterocycles. The number of hydrogen-bond donors (Lipinski definition) is 1. The van der Waals surface area contributed by atoms with Gasteiger partial charge in [0, 0.05) is 23.4 Å². The summed E-state index contributed by atoms with van der Waals surface area (Å²) in [6.07, 6.45) is 10.4. The van der Waals surface area contributed by atoms with Crippen molar-refractivity contribution in [2.24, 2.45) is 16.3 Å². The summed E-state index contributed by atoms with van der Waals surface area (Å²) < 4.78 is 0. The molecule has 0 amide bonds. The zero-order valence-electron chi connectivity index (χ0n) is 11.2. The summed E-state index contributed by atoms with van der Waals surface area (Å²) >= 11 is 0. The van der Waals surface area contributed by atoms with Crippen LogP contribution >= 0.6 is 0 Å². The van der Waals surface area contributed by atoms with Crippen LogP contribution in [0.5, 0.6) is 0 Å². The Kier molecular flexibility index (Phi) is 1.98. The molecule has 0 saturated carbocycles. The fourth-order valence-corrected chi connectivity index (χ4v) is 4.19. The van der Waals surface area contributed by atoms with E-state index in [0.29, 0.717) is 12.0 Å². The third-order valence-corrected chi connectivity index (χ3v) is 5.48. The Balaban J connectivity index is 2.03. The maximum absolute atomic E-state index is 4.62. The molecule has 2 heteroatoms. The van der Waals surface area contributed by atoms with Gasteiger partial charge in [-0.2, -0.15) is 0 Å². The standard InChI is InChI=1S/C16H20N2/c1-10-15-8-12-11-4-3-7-17-9-16(10,2)13(11)5-6-14(12)18-15/h3-4,9-10,15,18H,5-8H2,1-2H3. The number of nitrogens with one attached hydrogen (secondary N) is 1. The van der Waals surface area contributed by atoms with Gasteiger partial charge in [-0.15, -0.1) is 0 Å². The highest BCUT2D eigenvalue weighted by Crippen LogP contribution is 2.52. The van der Waals surface area contributed by atoms with Gasteiger partial charge in [-0.25, -0.2) is 0 Å². The van der Waals surface area contributed by atoms with Gasteiger partial charge in [-0.3, -0.25) is 4.99 Å². The molecule has 0 saturated heterocycles. The molecular formula is C16H20N2. The number of nitrogens with zero attached hydrogens (tertiary/aromatic N) is 1. The third kappa shape index (κ3) is 1.16. The molecule has 5 bridgehead atoms. The Morgan fingerprint density at radius 1 is 1.39 bits per heavy atom. The van der Waals surface area contributed by atoms with Crippen molar-refractivity contribution in [1.29, 1.82) is 0 Å². The lowest BCUT2D eigenvalue weighted by atomic mass is 9.67. The lowest BCUT2D eigenvalue weighted by molar-refractivity contribution is 0.277. The Labute approximate surface area is 109 Å². The molecule has 0 aromatic heterocycles. The highest BCUT2D eigenvalue weighted by Gasteiger charge is 2.47. The van der Waals surface area contributed by atoms with Crippen LogP contribution in [0.25, 0.3) is 0 Å². The SMILES string of the molecule is CC1C2CC3=C(CCC4=C3C=CCN=CC41C)N2. The van der Waals surface area contributed by atoms with Gasteiger partial charge >= 0.3 is 0 Å². The van der Waals surface area contributed by atoms with Crippen LogP contribution in [-0.4, -0.2) is 18.8 Å². The molecule has 0 spiro atoms. The summed E-state index contributed by atoms with van der Waals surface area (Å²) in [7, 11) is 0. The van der Waals surface area contributed by atoms with Crippen molar-refractivity contribution in [2.75, 3.05) is 6.54 Å². The van der Waals surface area contributed by atoms with E-state index < -0.39 is 0 Å². The van der Waals surface area contributed by atoms with Gasteiger partial charge in [0.1, 0.15) is 0 Å². The first-order valence-corrected chi connectivity index (χ1v) is 7.10. The van der Waals surface area contributed by atoms with Crippen LogP contribution in [0.2, 0.25) is 0 Å². The molecule has 1 N–H and O–H groups in total. The van der Waals surface area contributed by atoms with Crippen LogP contribution in [0, 0.1) is 11.3 Å². The fraction of sp³-hybridized carbons (Fsp3) is 0.562. The Morgan fingerprint density at radius 3 is 3.17 bits per heavy atom. The Bertz CT molecular complexity index is 535. The van der Waals surface area contributed by atoms with E-state index in [1.54, 1.807) is 11.1 Å². The Morgan fingerprint density at radius 2 is 2.28 bits per heavy atom. The number of rotatable bonds is 0. The number of aliphatic imine (C=N–C) groups is 1. The minimum atomic E-state index is 0.144. The van der Waals surface area contributed by atoms with Crippen molar-refractivity contribution < 1.29 is 0 Å². The van der Waals surface area contributed by atoms with Crippen LogP contribution in [0.15, 0.2) is 39.6 Å². The van der Waals surface area contributed by atoms with Crippen molar-refractivity contribution in [3.8, 4) is 0 Å². The highest BCUT2D eigenvalue weighted by atomic mass is 15.0. The van der Waals surface area contributed by atoms with E-state index in [-0.39, 0.29) is 5.41 Å². The first-order chi connectivity index (χ1) is 8.70. The van der Waals surface area contributed by atoms with Crippen LogP contribution in [0.1, 0.15) is 33.1 Å². The zero-order chi connectivity index (χ0) is 12.3. The van der Waals surface area contributed by atoms with Crippen molar-refractivity contribution >= 4 is 6.21 Å². The van der Waals surface area contributed by atoms with Gasteiger partial charge in [-0.05, 0) is 36.3 Å². The first-order valence-electron chi connectivity index (χ1n) is 7.10. The number of fused-ring (bicyclic) bond motifs is 1. The van der Waals surface area contributed by atoms with E-state index in [1.807, 2.05) is 0 Å². The van der Waals surface area contributed by atoms with Gasteiger partial charge < -0.3 is 5.32 Å². The van der Waals surface area contributed by atoms with Gasteiger partial charge in [-0.1, -0.05) is 31.6 Å². The van der Waals surface area contributed by atoms with Crippen LogP contribution < -0.4 is 5.32 Å². The molecule has 3 unspecified atom stereocenters. The molecule has 2 aliphatic carbocycles. The van der Waals surface area contributed by atoms with E-state index in [2.05, 4.69) is 42.5 Å². The summed E-state index contributed by atoms with van der Waals surface area (Å²) in [5, 5.41) is 3.78. The number of allylic oxidation sites excluding steroid dienone is 4. The van der Waals surface area contributed by atoms with Crippen LogP contribution in [0.3, 0.4) is 0 Å². The lowest BCUT2D eigenvalue weighted by Crippen LogP contribution is -2.43. The van der Waals surface area contributed by atoms with Gasteiger partial charge in [0.2, 0.25) is 0 Å². The van der Waals surface area contributed by atoms with E-state index >= 15 is 0 Å². The summed E-state index contributed by atoms with van der Waals surface area (Å²) in [6, 6.07) is 0.603. The molecule has 0 fully saturated rings. The van der Waals surface area contributed by atoms with Gasteiger partial charge in [0.15, 0.2) is 0 Å². The molecule has 4 aliphatic rings. The van der Waals surface area contributed by atoms with E-state index in [1.165, 1.54) is 30.5 Å². The molecule has 3 atom stereocenters. The van der Waals surface area contributed by atoms with Crippen molar-refractivity contribution in [1.82, 2.24) is 5.32 Å². The summed E-state index contributed by atoms with van der Waals surface area (Å²) in [6.45, 7) is 5.62. The first kappa shape index (κ1) is 10.6. The minimum absolute atomic E-state index is 0.144. The smallest absolute Gasteiger partial charge is 0.0570 e. The van der Waals surface area contributed by atoms with Crippen molar-refractivity contribution in [3.63, 3.8) is 0 Å². The second-order valence-electron chi connectivity index (χ2n) is 6.27. The van der Waals surface area contributed by atoms with Crippen molar-refractivity contribution in [3.05, 3.63) is 34.6 Å². The van der Waals surface area contributed by atoms with Gasteiger partial charge in [0.05, 0.1) is 6.54 Å². The normalized spacial score (nSPS) is 40.8. The Hall–Kier alpha value is -1.31. The molecule has 4 rings (SSSR count). The topological polar surface area (TPSA) is 24.4 Å². The zero-order valence-corrected chi connectivity index (χ0v) is 11.2. The lowest BCUT2D eigenvalue weighted by Gasteiger charge is -2.41. The van der Waals surface area contributed by atoms with E-state index in [4.69, 9.17) is 0 Å². The van der Waals surface area contributed by atoms with E-state index in [9.17, 15) is 0 Å². The third-order valence-electron chi connectivity index (χ3n) is 5.48. The second-order valence-corrected chi connectivity index (χ2v) is 6.27. The number of hydrogen-bond acceptors (Lipinski definition) is 2. The molecule has 18 heavy (non-hydrogen) atoms. The molecular weight excluding hydrogens is 220 g/mol. The molecule has 0 radical (unpaired) electrons. The predicted octanol–water partition coefficient (Wildman–Crippen LogP) is 2.99. The molecule has 2 nitrogen and oxygen atoms in total. The van der Waals surface area contributed by atoms with Crippen LogP contribution in [-0.2, 0) is 0 Å². The molecule has 2 heterocycles. The largest absolute Gasteiger partial charge is 0.385 e. The average Bonchev–Trinajstić information content (AvgIpc) is 2.75. The maximum Gasteiger partial charge on any atom is 0.0570 e. The summed E-state index contributed by atoms with van der Waals surface area (Å²) in [4.78, 5) is 4.62. The molecule has 0 aromatic carbocycles. The second kappa shape index (κ2) is 3.37. The average molecular weight is 240 g/mol. The summed E-state index contributed by atoms with van der Waals surface area (Å²) in [5.74, 6) is 0.619. The fourth-order valence-electron chi connectivity index (χ4n) is 4.19. The highest BCUT2D eigenvalue weighted by molar-refractivity contribution is 5.75. The van der Waals surface area contributed by atoms with Gasteiger partial charge in [0.25, 0.3) is 0 Å². The summed E-state index contributed by atoms with van der Waals surface area (Å²) in [5.41, 5.74) is 6.44. The predicted molar refractivity (Wildman–Crippen MR) is 74.6 cm³/mol. The molecule has 94 valence electrons. The monoisotopic (exact) mass is 240 g/mol. The van der Waals surface area contributed by atoms with Crippen molar-refractivity contribution in [2.45, 2.75) is 39.2 Å². The minimum Gasteiger partial charge on any atom is -0.385 e. The quantitative estimate of drug-likeness (QED) is 0.691. The maximum atomic E-state index is 4.62. The molecule has 0 aromatic rings.